The number of rotatable bonds is 1. The molecule has 34 heavy (non-hydrogen) atoms. The van der Waals surface area contributed by atoms with Gasteiger partial charge in [0.05, 0.1) is 17.6 Å². The van der Waals surface area contributed by atoms with Crippen LogP contribution in [0.3, 0.4) is 0 Å². The SMILES string of the molecule is CC1(C)C(O)CC[C@@]2(C)[C@@H]1CC[C@]1(C)[C@H]2CC=C2[C@H]3C[C@](C)(C(=O)O)CC(O)[C@]3(C)CC[C@]21C. The van der Waals surface area contributed by atoms with Crippen molar-refractivity contribution in [3.05, 3.63) is 11.6 Å². The first kappa shape index (κ1) is 24.8. The van der Waals surface area contributed by atoms with Gasteiger partial charge in [-0.1, -0.05) is 53.2 Å². The van der Waals surface area contributed by atoms with E-state index in [0.29, 0.717) is 24.7 Å². The van der Waals surface area contributed by atoms with Crippen molar-refractivity contribution in [2.75, 3.05) is 0 Å². The van der Waals surface area contributed by atoms with E-state index < -0.39 is 17.5 Å². The Labute approximate surface area is 206 Å². The van der Waals surface area contributed by atoms with Crippen molar-refractivity contribution in [1.82, 2.24) is 0 Å². The van der Waals surface area contributed by atoms with E-state index in [1.54, 1.807) is 0 Å². The lowest BCUT2D eigenvalue weighted by Crippen LogP contribution is -2.65. The van der Waals surface area contributed by atoms with Gasteiger partial charge in [-0.2, -0.15) is 0 Å². The fourth-order valence-corrected chi connectivity index (χ4v) is 10.6. The van der Waals surface area contributed by atoms with Crippen molar-refractivity contribution in [2.45, 2.75) is 118 Å². The summed E-state index contributed by atoms with van der Waals surface area (Å²) in [5.41, 5.74) is 0.706. The standard InChI is InChI=1S/C30H48O4/c1-25(2)20-10-13-30(7)21(28(20,5)12-11-22(25)31)9-8-18-19-16-26(3,24(33)34)17-23(32)27(19,4)14-15-29(18,30)6/h8,19-23,31-32H,9-17H2,1-7H3,(H,33,34)/t19-,20-,21+,22?,23?,26+,27-,28+,29-,30-/m1/s1. The summed E-state index contributed by atoms with van der Waals surface area (Å²) in [5.74, 6) is 0.463. The Morgan fingerprint density at radius 2 is 1.50 bits per heavy atom. The number of aliphatic hydroxyl groups excluding tert-OH is 2. The number of aliphatic carboxylic acids is 1. The van der Waals surface area contributed by atoms with Crippen LogP contribution in [0.1, 0.15) is 106 Å². The molecule has 0 saturated heterocycles. The van der Waals surface area contributed by atoms with E-state index in [1.165, 1.54) is 12.0 Å². The van der Waals surface area contributed by atoms with E-state index in [4.69, 9.17) is 0 Å². The fourth-order valence-electron chi connectivity index (χ4n) is 10.6. The minimum absolute atomic E-state index is 0.0325. The second-order valence-electron chi connectivity index (χ2n) is 15.0. The molecule has 2 unspecified atom stereocenters. The highest BCUT2D eigenvalue weighted by Crippen LogP contribution is 2.75. The molecule has 5 rings (SSSR count). The molecular formula is C30H48O4. The number of allylic oxidation sites excluding steroid dienone is 2. The Hall–Kier alpha value is -0.870. The van der Waals surface area contributed by atoms with Gasteiger partial charge < -0.3 is 15.3 Å². The van der Waals surface area contributed by atoms with Crippen molar-refractivity contribution in [3.8, 4) is 0 Å². The van der Waals surface area contributed by atoms with E-state index >= 15 is 0 Å². The highest BCUT2D eigenvalue weighted by atomic mass is 16.4. The van der Waals surface area contributed by atoms with Crippen molar-refractivity contribution in [2.24, 2.45) is 50.2 Å². The zero-order valence-corrected chi connectivity index (χ0v) is 22.6. The molecule has 0 amide bonds. The molecule has 0 aromatic rings. The van der Waals surface area contributed by atoms with Gasteiger partial charge in [-0.05, 0) is 104 Å². The molecule has 5 aliphatic rings. The average molecular weight is 473 g/mol. The molecular weight excluding hydrogens is 424 g/mol. The van der Waals surface area contributed by atoms with Gasteiger partial charge >= 0.3 is 5.97 Å². The zero-order valence-electron chi connectivity index (χ0n) is 22.6. The average Bonchev–Trinajstić information content (AvgIpc) is 2.73. The van der Waals surface area contributed by atoms with E-state index in [-0.39, 0.29) is 39.1 Å². The third-order valence-corrected chi connectivity index (χ3v) is 13.4. The van der Waals surface area contributed by atoms with Crippen molar-refractivity contribution in [1.29, 1.82) is 0 Å². The summed E-state index contributed by atoms with van der Waals surface area (Å²) < 4.78 is 0. The van der Waals surface area contributed by atoms with Crippen LogP contribution >= 0.6 is 0 Å². The molecule has 0 aromatic heterocycles. The molecule has 0 spiro atoms. The maximum atomic E-state index is 12.3. The van der Waals surface area contributed by atoms with Crippen LogP contribution in [0.15, 0.2) is 11.6 Å². The molecule has 0 radical (unpaired) electrons. The van der Waals surface area contributed by atoms with Crippen LogP contribution in [-0.2, 0) is 4.79 Å². The van der Waals surface area contributed by atoms with E-state index in [2.05, 4.69) is 47.6 Å². The predicted molar refractivity (Wildman–Crippen MR) is 134 cm³/mol. The van der Waals surface area contributed by atoms with Gasteiger partial charge in [-0.3, -0.25) is 4.79 Å². The zero-order chi connectivity index (χ0) is 25.1. The van der Waals surface area contributed by atoms with Gasteiger partial charge in [-0.25, -0.2) is 0 Å². The lowest BCUT2D eigenvalue weighted by molar-refractivity contribution is -0.208. The lowest BCUT2D eigenvalue weighted by atomic mass is 9.33. The highest BCUT2D eigenvalue weighted by molar-refractivity contribution is 5.74. The third-order valence-electron chi connectivity index (χ3n) is 13.4. The van der Waals surface area contributed by atoms with Crippen LogP contribution in [0.4, 0.5) is 0 Å². The summed E-state index contributed by atoms with van der Waals surface area (Å²) in [4.78, 5) is 12.3. The first-order valence-corrected chi connectivity index (χ1v) is 13.9. The Balaban J connectivity index is 1.59. The smallest absolute Gasteiger partial charge is 0.309 e. The Bertz CT molecular complexity index is 923. The minimum Gasteiger partial charge on any atom is -0.481 e. The molecule has 0 aromatic carbocycles. The molecule has 5 aliphatic carbocycles. The molecule has 3 N–H and O–H groups in total. The maximum Gasteiger partial charge on any atom is 0.309 e. The monoisotopic (exact) mass is 472 g/mol. The Morgan fingerprint density at radius 1 is 0.824 bits per heavy atom. The van der Waals surface area contributed by atoms with E-state index in [9.17, 15) is 20.1 Å². The van der Waals surface area contributed by atoms with Crippen molar-refractivity contribution < 1.29 is 20.1 Å². The number of hydrogen-bond acceptors (Lipinski definition) is 3. The summed E-state index contributed by atoms with van der Waals surface area (Å²) in [6.45, 7) is 16.2. The number of carboxylic acid groups (broad SMARTS) is 1. The van der Waals surface area contributed by atoms with Crippen molar-refractivity contribution >= 4 is 5.97 Å². The molecule has 4 nitrogen and oxygen atoms in total. The van der Waals surface area contributed by atoms with Gasteiger partial charge in [0.25, 0.3) is 0 Å². The van der Waals surface area contributed by atoms with Crippen LogP contribution in [0.2, 0.25) is 0 Å². The summed E-state index contributed by atoms with van der Waals surface area (Å²) >= 11 is 0. The predicted octanol–water partition coefficient (Wildman–Crippen LogP) is 6.20. The van der Waals surface area contributed by atoms with Crippen LogP contribution < -0.4 is 0 Å². The van der Waals surface area contributed by atoms with Crippen molar-refractivity contribution in [3.63, 3.8) is 0 Å². The molecule has 4 fully saturated rings. The highest BCUT2D eigenvalue weighted by Gasteiger charge is 2.69. The van der Waals surface area contributed by atoms with Gasteiger partial charge in [-0.15, -0.1) is 0 Å². The van der Waals surface area contributed by atoms with Crippen LogP contribution in [0.25, 0.3) is 0 Å². The van der Waals surface area contributed by atoms with Gasteiger partial charge in [0.1, 0.15) is 0 Å². The molecule has 0 aliphatic heterocycles. The van der Waals surface area contributed by atoms with Gasteiger partial charge in [0.2, 0.25) is 0 Å². The first-order chi connectivity index (χ1) is 15.6. The van der Waals surface area contributed by atoms with E-state index in [0.717, 1.165) is 38.5 Å². The molecule has 4 heteroatoms. The van der Waals surface area contributed by atoms with E-state index in [1.807, 2.05) is 6.92 Å². The summed E-state index contributed by atoms with van der Waals surface area (Å²) in [6, 6.07) is 0. The number of fused-ring (bicyclic) bond motifs is 7. The second kappa shape index (κ2) is 7.12. The summed E-state index contributed by atoms with van der Waals surface area (Å²) in [7, 11) is 0. The number of carboxylic acids is 1. The Morgan fingerprint density at radius 3 is 2.15 bits per heavy atom. The number of hydrogen-bond donors (Lipinski definition) is 3. The molecule has 0 bridgehead atoms. The third kappa shape index (κ3) is 2.82. The maximum absolute atomic E-state index is 12.3. The second-order valence-corrected chi connectivity index (χ2v) is 15.0. The summed E-state index contributed by atoms with van der Waals surface area (Å²) in [5, 5.41) is 32.2. The normalized spacial score (nSPS) is 56.3. The molecule has 192 valence electrons. The summed E-state index contributed by atoms with van der Waals surface area (Å²) in [6.07, 6.45) is 10.1. The van der Waals surface area contributed by atoms with Crippen LogP contribution in [0, 0.1) is 50.2 Å². The molecule has 10 atom stereocenters. The molecule has 4 saturated carbocycles. The fraction of sp³-hybridized carbons (Fsp3) is 0.900. The first-order valence-electron chi connectivity index (χ1n) is 13.9. The van der Waals surface area contributed by atoms with Crippen LogP contribution in [-0.4, -0.2) is 33.5 Å². The topological polar surface area (TPSA) is 77.8 Å². The minimum atomic E-state index is -0.867. The lowest BCUT2D eigenvalue weighted by Gasteiger charge is -2.71. The largest absolute Gasteiger partial charge is 0.481 e. The van der Waals surface area contributed by atoms with Crippen LogP contribution in [0.5, 0.6) is 0 Å². The quantitative estimate of drug-likeness (QED) is 0.397. The number of carbonyl (C=O) groups is 1. The molecule has 0 heterocycles. The Kier molecular flexibility index (Phi) is 5.20. The van der Waals surface area contributed by atoms with Gasteiger partial charge in [0.15, 0.2) is 0 Å². The number of aliphatic hydroxyl groups is 2. The van der Waals surface area contributed by atoms with Gasteiger partial charge in [0, 0.05) is 5.41 Å².